The van der Waals surface area contributed by atoms with E-state index in [0.717, 1.165) is 32.4 Å². The molecule has 2 heterocycles. The average Bonchev–Trinajstić information content (AvgIpc) is 2.47. The summed E-state index contributed by atoms with van der Waals surface area (Å²) in [5, 5.41) is 1.80. The molecule has 1 N–H and O–H groups in total. The Morgan fingerprint density at radius 2 is 1.61 bits per heavy atom. The highest BCUT2D eigenvalue weighted by Gasteiger charge is 2.44. The fourth-order valence-corrected chi connectivity index (χ4v) is 2.85. The predicted molar refractivity (Wildman–Crippen MR) is 84.4 cm³/mol. The zero-order valence-corrected chi connectivity index (χ0v) is 14.4. The standard InChI is InChI=1S/C16H28FN3O3/c1-15(2,3)23-14(22)19-11-7-16(17,8-12-19)13(21)18-20-9-5-4-6-10-20/h4-12H2,1-3H3,(H,18,21). The van der Waals surface area contributed by atoms with Gasteiger partial charge in [0.15, 0.2) is 5.67 Å². The maximum atomic E-state index is 14.9. The molecule has 0 aromatic heterocycles. The average molecular weight is 329 g/mol. The highest BCUT2D eigenvalue weighted by molar-refractivity contribution is 5.85. The summed E-state index contributed by atoms with van der Waals surface area (Å²) in [6, 6.07) is 0. The van der Waals surface area contributed by atoms with Gasteiger partial charge in [-0.05, 0) is 33.6 Å². The summed E-state index contributed by atoms with van der Waals surface area (Å²) in [7, 11) is 0. The molecule has 132 valence electrons. The Balaban J connectivity index is 1.83. The maximum Gasteiger partial charge on any atom is 0.410 e. The van der Waals surface area contributed by atoms with Gasteiger partial charge in [-0.1, -0.05) is 6.42 Å². The monoisotopic (exact) mass is 329 g/mol. The third-order valence-corrected chi connectivity index (χ3v) is 4.23. The first-order valence-electron chi connectivity index (χ1n) is 8.42. The minimum absolute atomic E-state index is 0.00587. The van der Waals surface area contributed by atoms with Crippen LogP contribution >= 0.6 is 0 Å². The molecule has 0 atom stereocenters. The minimum atomic E-state index is -1.91. The summed E-state index contributed by atoms with van der Waals surface area (Å²) in [5.41, 5.74) is 0.213. The van der Waals surface area contributed by atoms with Crippen LogP contribution in [0.1, 0.15) is 52.9 Å². The van der Waals surface area contributed by atoms with Gasteiger partial charge in [-0.15, -0.1) is 0 Å². The Hall–Kier alpha value is -1.37. The number of hydrogen-bond acceptors (Lipinski definition) is 4. The molecule has 0 aromatic rings. The number of alkyl halides is 1. The van der Waals surface area contributed by atoms with Gasteiger partial charge in [0.1, 0.15) is 5.60 Å². The molecular formula is C16H28FN3O3. The number of ether oxygens (including phenoxy) is 1. The highest BCUT2D eigenvalue weighted by Crippen LogP contribution is 2.28. The van der Waals surface area contributed by atoms with E-state index < -0.39 is 23.3 Å². The molecule has 23 heavy (non-hydrogen) atoms. The molecule has 0 aliphatic carbocycles. The summed E-state index contributed by atoms with van der Waals surface area (Å²) in [6.45, 7) is 7.30. The van der Waals surface area contributed by atoms with Crippen molar-refractivity contribution in [2.75, 3.05) is 26.2 Å². The van der Waals surface area contributed by atoms with Crippen molar-refractivity contribution in [2.45, 2.75) is 64.1 Å². The molecule has 2 fully saturated rings. The molecule has 2 rings (SSSR count). The molecule has 0 unspecified atom stereocenters. The lowest BCUT2D eigenvalue weighted by Gasteiger charge is -2.37. The van der Waals surface area contributed by atoms with Gasteiger partial charge >= 0.3 is 6.09 Å². The van der Waals surface area contributed by atoms with Gasteiger partial charge < -0.3 is 9.64 Å². The van der Waals surface area contributed by atoms with Crippen LogP contribution in [-0.2, 0) is 9.53 Å². The predicted octanol–water partition coefficient (Wildman–Crippen LogP) is 2.24. The molecular weight excluding hydrogens is 301 g/mol. The maximum absolute atomic E-state index is 14.9. The van der Waals surface area contributed by atoms with E-state index in [1.165, 1.54) is 4.90 Å². The number of halogens is 1. The first kappa shape index (κ1) is 18.0. The summed E-state index contributed by atoms with van der Waals surface area (Å²) in [4.78, 5) is 25.7. The Labute approximate surface area is 137 Å². The lowest BCUT2D eigenvalue weighted by atomic mass is 9.93. The van der Waals surface area contributed by atoms with Crippen molar-refractivity contribution >= 4 is 12.0 Å². The summed E-state index contributed by atoms with van der Waals surface area (Å²) >= 11 is 0. The van der Waals surface area contributed by atoms with Crippen LogP contribution in [0.5, 0.6) is 0 Å². The molecule has 0 radical (unpaired) electrons. The minimum Gasteiger partial charge on any atom is -0.444 e. The Morgan fingerprint density at radius 1 is 1.04 bits per heavy atom. The van der Waals surface area contributed by atoms with Gasteiger partial charge in [0.05, 0.1) is 0 Å². The van der Waals surface area contributed by atoms with Crippen LogP contribution in [0.4, 0.5) is 9.18 Å². The largest absolute Gasteiger partial charge is 0.444 e. The normalized spacial score (nSPS) is 22.5. The molecule has 0 aromatic carbocycles. The third-order valence-electron chi connectivity index (χ3n) is 4.23. The number of hydrazine groups is 1. The summed E-state index contributed by atoms with van der Waals surface area (Å²) < 4.78 is 20.2. The van der Waals surface area contributed by atoms with Crippen LogP contribution in [0.3, 0.4) is 0 Å². The molecule has 0 spiro atoms. The Bertz CT molecular complexity index is 436. The molecule has 2 saturated heterocycles. The van der Waals surface area contributed by atoms with Crippen molar-refractivity contribution in [1.82, 2.24) is 15.3 Å². The van der Waals surface area contributed by atoms with Crippen LogP contribution in [-0.4, -0.2) is 59.4 Å². The highest BCUT2D eigenvalue weighted by atomic mass is 19.1. The second kappa shape index (κ2) is 7.03. The second-order valence-electron chi connectivity index (χ2n) is 7.42. The van der Waals surface area contributed by atoms with E-state index in [2.05, 4.69) is 5.43 Å². The van der Waals surface area contributed by atoms with Crippen molar-refractivity contribution in [2.24, 2.45) is 0 Å². The van der Waals surface area contributed by atoms with Crippen LogP contribution in [0.15, 0.2) is 0 Å². The molecule has 6 nitrogen and oxygen atoms in total. The molecule has 0 bridgehead atoms. The lowest BCUT2D eigenvalue weighted by molar-refractivity contribution is -0.141. The molecule has 7 heteroatoms. The van der Waals surface area contributed by atoms with E-state index >= 15 is 0 Å². The fourth-order valence-electron chi connectivity index (χ4n) is 2.85. The number of nitrogens with one attached hydrogen (secondary N) is 1. The van der Waals surface area contributed by atoms with Crippen molar-refractivity contribution < 1.29 is 18.7 Å². The van der Waals surface area contributed by atoms with Gasteiger partial charge in [0.2, 0.25) is 0 Å². The van der Waals surface area contributed by atoms with E-state index in [9.17, 15) is 14.0 Å². The Morgan fingerprint density at radius 3 is 2.13 bits per heavy atom. The van der Waals surface area contributed by atoms with Crippen LogP contribution in [0.25, 0.3) is 0 Å². The van der Waals surface area contributed by atoms with Crippen molar-refractivity contribution in [3.8, 4) is 0 Å². The number of hydrogen-bond donors (Lipinski definition) is 1. The van der Waals surface area contributed by atoms with Crippen molar-refractivity contribution in [3.05, 3.63) is 0 Å². The smallest absolute Gasteiger partial charge is 0.410 e. The van der Waals surface area contributed by atoms with E-state index in [4.69, 9.17) is 4.74 Å². The quantitative estimate of drug-likeness (QED) is 0.844. The van der Waals surface area contributed by atoms with Gasteiger partial charge in [-0.3, -0.25) is 10.2 Å². The first-order chi connectivity index (χ1) is 10.7. The third kappa shape index (κ3) is 5.06. The number of nitrogens with zero attached hydrogens (tertiary/aromatic N) is 2. The lowest BCUT2D eigenvalue weighted by Crippen LogP contribution is -2.57. The van der Waals surface area contributed by atoms with Crippen LogP contribution in [0.2, 0.25) is 0 Å². The number of likely N-dealkylation sites (tertiary alicyclic amines) is 1. The van der Waals surface area contributed by atoms with E-state index in [0.29, 0.717) is 0 Å². The molecule has 2 amide bonds. The van der Waals surface area contributed by atoms with Crippen LogP contribution in [0, 0.1) is 0 Å². The van der Waals surface area contributed by atoms with Crippen LogP contribution < -0.4 is 5.43 Å². The second-order valence-corrected chi connectivity index (χ2v) is 7.42. The van der Waals surface area contributed by atoms with Crippen molar-refractivity contribution in [1.29, 1.82) is 0 Å². The van der Waals surface area contributed by atoms with Gasteiger partial charge in [-0.25, -0.2) is 14.2 Å². The number of carbonyl (C=O) groups excluding carboxylic acids is 2. The first-order valence-corrected chi connectivity index (χ1v) is 8.42. The zero-order valence-electron chi connectivity index (χ0n) is 14.4. The van der Waals surface area contributed by atoms with E-state index in [-0.39, 0.29) is 25.9 Å². The number of amides is 2. The molecule has 0 saturated carbocycles. The molecule has 2 aliphatic heterocycles. The fraction of sp³-hybridized carbons (Fsp3) is 0.875. The zero-order chi connectivity index (χ0) is 17.1. The topological polar surface area (TPSA) is 61.9 Å². The Kier molecular flexibility index (Phi) is 5.49. The molecule has 2 aliphatic rings. The summed E-state index contributed by atoms with van der Waals surface area (Å²) in [5.74, 6) is -0.580. The SMILES string of the molecule is CC(C)(C)OC(=O)N1CCC(F)(C(=O)NN2CCCCC2)CC1. The van der Waals surface area contributed by atoms with E-state index in [1.54, 1.807) is 25.8 Å². The van der Waals surface area contributed by atoms with Gasteiger partial charge in [-0.2, -0.15) is 0 Å². The van der Waals surface area contributed by atoms with Gasteiger partial charge in [0.25, 0.3) is 5.91 Å². The number of rotatable bonds is 2. The van der Waals surface area contributed by atoms with E-state index in [1.807, 2.05) is 0 Å². The number of carbonyl (C=O) groups is 2. The number of piperidine rings is 2. The summed E-state index contributed by atoms with van der Waals surface area (Å²) in [6.07, 6.45) is 2.75. The van der Waals surface area contributed by atoms with Crippen molar-refractivity contribution in [3.63, 3.8) is 0 Å². The van der Waals surface area contributed by atoms with Gasteiger partial charge in [0, 0.05) is 39.0 Å².